The lowest BCUT2D eigenvalue weighted by Gasteiger charge is -2.27. The molecule has 1 N–H and O–H groups in total. The molecule has 1 atom stereocenters. The van der Waals surface area contributed by atoms with E-state index in [0.29, 0.717) is 42.3 Å². The van der Waals surface area contributed by atoms with Crippen LogP contribution < -0.4 is 15.0 Å². The molecule has 3 amide bonds. The lowest BCUT2D eigenvalue weighted by Crippen LogP contribution is -2.44. The minimum absolute atomic E-state index is 0.179. The van der Waals surface area contributed by atoms with Crippen molar-refractivity contribution in [3.8, 4) is 11.5 Å². The molecule has 8 heteroatoms. The summed E-state index contributed by atoms with van der Waals surface area (Å²) in [5.41, 5.74) is 0.341. The highest BCUT2D eigenvalue weighted by Crippen LogP contribution is 2.33. The van der Waals surface area contributed by atoms with Gasteiger partial charge in [0.2, 0.25) is 5.91 Å². The van der Waals surface area contributed by atoms with Gasteiger partial charge in [-0.25, -0.2) is 4.79 Å². The molecule has 0 spiro atoms. The molecule has 8 nitrogen and oxygen atoms in total. The van der Waals surface area contributed by atoms with Gasteiger partial charge in [0.05, 0.1) is 11.7 Å². The molecule has 1 heterocycles. The third-order valence-electron chi connectivity index (χ3n) is 5.95. The molecule has 1 fully saturated rings. The van der Waals surface area contributed by atoms with Crippen molar-refractivity contribution in [3.05, 3.63) is 90.5 Å². The Morgan fingerprint density at radius 3 is 2.24 bits per heavy atom. The van der Waals surface area contributed by atoms with Crippen LogP contribution in [0.2, 0.25) is 0 Å². The summed E-state index contributed by atoms with van der Waals surface area (Å²) in [6, 6.07) is 25.1. The molecule has 198 valence electrons. The van der Waals surface area contributed by atoms with E-state index in [2.05, 4.69) is 5.32 Å². The number of amides is 3. The fraction of sp³-hybridized carbons (Fsp3) is 0.300. The zero-order valence-corrected chi connectivity index (χ0v) is 21.9. The molecule has 0 bridgehead atoms. The Balaban J connectivity index is 1.53. The Hall–Kier alpha value is -4.33. The number of nitrogens with one attached hydrogen (secondary N) is 1. The van der Waals surface area contributed by atoms with Gasteiger partial charge < -0.3 is 19.7 Å². The number of carbonyl (C=O) groups excluding carboxylic acids is 3. The van der Waals surface area contributed by atoms with Crippen LogP contribution in [0.15, 0.2) is 84.9 Å². The highest BCUT2D eigenvalue weighted by molar-refractivity contribution is 6.09. The number of anilines is 1. The van der Waals surface area contributed by atoms with E-state index >= 15 is 0 Å². The Morgan fingerprint density at radius 2 is 1.55 bits per heavy atom. The van der Waals surface area contributed by atoms with Crippen LogP contribution in [0, 0.1) is 0 Å². The Kier molecular flexibility index (Phi) is 8.31. The van der Waals surface area contributed by atoms with Crippen molar-refractivity contribution in [2.75, 3.05) is 24.5 Å². The summed E-state index contributed by atoms with van der Waals surface area (Å²) in [6.07, 6.45) is 0.0929. The number of para-hydroxylation sites is 3. The number of carbonyl (C=O) groups is 3. The van der Waals surface area contributed by atoms with Crippen LogP contribution in [0.5, 0.6) is 11.5 Å². The molecule has 1 aliphatic heterocycles. The standard InChI is InChI=1S/C30H33N3O5/c1-30(2,3)38-29(36)31-23-18-19-32(20-23)27(34)21-33(28(35)22-12-6-4-7-13-22)25-16-10-11-17-26(25)37-24-14-8-5-9-15-24/h4-17,23H,18-21H2,1-3H3,(H,31,36). The van der Waals surface area contributed by atoms with Crippen LogP contribution in [0.1, 0.15) is 37.6 Å². The molecule has 1 unspecified atom stereocenters. The van der Waals surface area contributed by atoms with Crippen LogP contribution >= 0.6 is 0 Å². The van der Waals surface area contributed by atoms with E-state index < -0.39 is 11.7 Å². The molecule has 0 aromatic heterocycles. The van der Waals surface area contributed by atoms with E-state index in [0.717, 1.165) is 0 Å². The van der Waals surface area contributed by atoms with Gasteiger partial charge in [-0.3, -0.25) is 14.5 Å². The number of alkyl carbamates (subject to hydrolysis) is 1. The normalized spacial score (nSPS) is 15.0. The maximum Gasteiger partial charge on any atom is 0.407 e. The molecule has 0 saturated carbocycles. The number of benzene rings is 3. The van der Waals surface area contributed by atoms with Gasteiger partial charge in [0.15, 0.2) is 5.75 Å². The SMILES string of the molecule is CC(C)(C)OC(=O)NC1CCN(C(=O)CN(C(=O)c2ccccc2)c2ccccc2Oc2ccccc2)C1. The second kappa shape index (κ2) is 11.8. The monoisotopic (exact) mass is 515 g/mol. The summed E-state index contributed by atoms with van der Waals surface area (Å²) in [5, 5.41) is 2.83. The number of rotatable bonds is 7. The van der Waals surface area contributed by atoms with E-state index in [1.54, 1.807) is 68.1 Å². The number of ether oxygens (including phenoxy) is 2. The van der Waals surface area contributed by atoms with Crippen LogP contribution in [0.25, 0.3) is 0 Å². The third kappa shape index (κ3) is 7.12. The quantitative estimate of drug-likeness (QED) is 0.464. The average molecular weight is 516 g/mol. The van der Waals surface area contributed by atoms with Crippen molar-refractivity contribution in [2.24, 2.45) is 0 Å². The summed E-state index contributed by atoms with van der Waals surface area (Å²) in [4.78, 5) is 42.4. The zero-order valence-electron chi connectivity index (χ0n) is 21.9. The Morgan fingerprint density at radius 1 is 0.921 bits per heavy atom. The van der Waals surface area contributed by atoms with E-state index in [1.165, 1.54) is 4.90 Å². The fourth-order valence-electron chi connectivity index (χ4n) is 4.20. The summed E-state index contributed by atoms with van der Waals surface area (Å²) in [7, 11) is 0. The Bertz CT molecular complexity index is 1260. The minimum Gasteiger partial charge on any atom is -0.455 e. The third-order valence-corrected chi connectivity index (χ3v) is 5.95. The van der Waals surface area contributed by atoms with Crippen molar-refractivity contribution in [1.82, 2.24) is 10.2 Å². The molecule has 0 aliphatic carbocycles. The number of likely N-dealkylation sites (tertiary alicyclic amines) is 1. The minimum atomic E-state index is -0.605. The van der Waals surface area contributed by atoms with E-state index in [9.17, 15) is 14.4 Å². The molecule has 3 aromatic carbocycles. The van der Waals surface area contributed by atoms with E-state index in [4.69, 9.17) is 9.47 Å². The summed E-state index contributed by atoms with van der Waals surface area (Å²) in [5.74, 6) is 0.540. The summed E-state index contributed by atoms with van der Waals surface area (Å²) in [6.45, 7) is 6.03. The zero-order chi connectivity index (χ0) is 27.1. The summed E-state index contributed by atoms with van der Waals surface area (Å²) < 4.78 is 11.4. The highest BCUT2D eigenvalue weighted by Gasteiger charge is 2.32. The lowest BCUT2D eigenvalue weighted by molar-refractivity contribution is -0.128. The molecule has 1 saturated heterocycles. The molecular formula is C30H33N3O5. The molecule has 0 radical (unpaired) electrons. The van der Waals surface area contributed by atoms with Gasteiger partial charge in [0.1, 0.15) is 17.9 Å². The topological polar surface area (TPSA) is 88.2 Å². The van der Waals surface area contributed by atoms with Crippen molar-refractivity contribution in [3.63, 3.8) is 0 Å². The molecule has 4 rings (SSSR count). The van der Waals surface area contributed by atoms with Crippen molar-refractivity contribution >= 4 is 23.6 Å². The van der Waals surface area contributed by atoms with Gasteiger partial charge in [-0.1, -0.05) is 48.5 Å². The number of hydrogen-bond donors (Lipinski definition) is 1. The van der Waals surface area contributed by atoms with Gasteiger partial charge >= 0.3 is 6.09 Å². The second-order valence-electron chi connectivity index (χ2n) is 10.1. The van der Waals surface area contributed by atoms with Crippen LogP contribution in [-0.4, -0.2) is 54.1 Å². The van der Waals surface area contributed by atoms with Crippen molar-refractivity contribution in [1.29, 1.82) is 0 Å². The number of hydrogen-bond acceptors (Lipinski definition) is 5. The summed E-state index contributed by atoms with van der Waals surface area (Å²) >= 11 is 0. The first-order valence-corrected chi connectivity index (χ1v) is 12.7. The van der Waals surface area contributed by atoms with Gasteiger partial charge in [0, 0.05) is 18.7 Å². The first-order chi connectivity index (χ1) is 18.2. The molecule has 3 aromatic rings. The Labute approximate surface area is 223 Å². The van der Waals surface area contributed by atoms with Crippen LogP contribution in [-0.2, 0) is 9.53 Å². The highest BCUT2D eigenvalue weighted by atomic mass is 16.6. The van der Waals surface area contributed by atoms with Gasteiger partial charge in [0.25, 0.3) is 5.91 Å². The fourth-order valence-corrected chi connectivity index (χ4v) is 4.20. The smallest absolute Gasteiger partial charge is 0.407 e. The van der Waals surface area contributed by atoms with Crippen molar-refractivity contribution < 1.29 is 23.9 Å². The van der Waals surface area contributed by atoms with Gasteiger partial charge in [-0.05, 0) is 63.6 Å². The van der Waals surface area contributed by atoms with Crippen LogP contribution in [0.3, 0.4) is 0 Å². The van der Waals surface area contributed by atoms with E-state index in [1.807, 2.05) is 42.5 Å². The molecule has 38 heavy (non-hydrogen) atoms. The van der Waals surface area contributed by atoms with Gasteiger partial charge in [-0.15, -0.1) is 0 Å². The maximum atomic E-state index is 13.7. The molecule has 1 aliphatic rings. The average Bonchev–Trinajstić information content (AvgIpc) is 3.36. The lowest BCUT2D eigenvalue weighted by atomic mass is 10.1. The molecular weight excluding hydrogens is 482 g/mol. The van der Waals surface area contributed by atoms with Crippen LogP contribution in [0.4, 0.5) is 10.5 Å². The first kappa shape index (κ1) is 26.7. The predicted octanol–water partition coefficient (Wildman–Crippen LogP) is 5.25. The second-order valence-corrected chi connectivity index (χ2v) is 10.1. The first-order valence-electron chi connectivity index (χ1n) is 12.7. The van der Waals surface area contributed by atoms with Crippen molar-refractivity contribution in [2.45, 2.75) is 38.8 Å². The number of nitrogens with zero attached hydrogens (tertiary/aromatic N) is 2. The predicted molar refractivity (Wildman–Crippen MR) is 145 cm³/mol. The van der Waals surface area contributed by atoms with E-state index in [-0.39, 0.29) is 24.4 Å². The maximum absolute atomic E-state index is 13.7. The largest absolute Gasteiger partial charge is 0.455 e. The van der Waals surface area contributed by atoms with Gasteiger partial charge in [-0.2, -0.15) is 0 Å².